The van der Waals surface area contributed by atoms with Crippen LogP contribution >= 0.6 is 0 Å². The fourth-order valence-corrected chi connectivity index (χ4v) is 2.40. The van der Waals surface area contributed by atoms with Gasteiger partial charge in [-0.05, 0) is 61.2 Å². The van der Waals surface area contributed by atoms with E-state index in [4.69, 9.17) is 9.47 Å². The maximum absolute atomic E-state index is 12.5. The van der Waals surface area contributed by atoms with Crippen molar-refractivity contribution in [3.63, 3.8) is 0 Å². The van der Waals surface area contributed by atoms with Crippen molar-refractivity contribution < 1.29 is 14.3 Å². The zero-order valence-electron chi connectivity index (χ0n) is 14.8. The topological polar surface area (TPSA) is 47.6 Å². The molecule has 0 unspecified atom stereocenters. The van der Waals surface area contributed by atoms with Gasteiger partial charge in [0, 0.05) is 12.8 Å². The van der Waals surface area contributed by atoms with Gasteiger partial charge in [0.25, 0.3) is 5.91 Å². The molecule has 0 heterocycles. The molecule has 24 heavy (non-hydrogen) atoms. The lowest BCUT2D eigenvalue weighted by molar-refractivity contribution is -0.122. The Morgan fingerprint density at radius 1 is 1.12 bits per heavy atom. The standard InChI is InChI=1S/C20H25NO3/c1-5-19(24-18-10-9-14(2)15(3)11-18)20(22)21-17-8-6-7-16(12-17)13-23-4/h6-12,19H,5,13H2,1-4H3,(H,21,22)/t19-/m0/s1. The van der Waals surface area contributed by atoms with Crippen LogP contribution in [-0.4, -0.2) is 19.1 Å². The Bertz CT molecular complexity index is 697. The van der Waals surface area contributed by atoms with Crippen LogP contribution in [0.25, 0.3) is 0 Å². The summed E-state index contributed by atoms with van der Waals surface area (Å²) in [5.41, 5.74) is 4.11. The second-order valence-corrected chi connectivity index (χ2v) is 5.88. The molecule has 2 aromatic rings. The van der Waals surface area contributed by atoms with Crippen LogP contribution in [0.2, 0.25) is 0 Å². The lowest BCUT2D eigenvalue weighted by Crippen LogP contribution is -2.32. The largest absolute Gasteiger partial charge is 0.481 e. The summed E-state index contributed by atoms with van der Waals surface area (Å²) < 4.78 is 11.0. The van der Waals surface area contributed by atoms with Crippen molar-refractivity contribution in [1.82, 2.24) is 0 Å². The van der Waals surface area contributed by atoms with Crippen LogP contribution in [0, 0.1) is 13.8 Å². The normalized spacial score (nSPS) is 11.8. The molecule has 2 aromatic carbocycles. The molecule has 0 bridgehead atoms. The van der Waals surface area contributed by atoms with E-state index < -0.39 is 6.10 Å². The quantitative estimate of drug-likeness (QED) is 0.827. The van der Waals surface area contributed by atoms with Crippen LogP contribution in [0.4, 0.5) is 5.69 Å². The van der Waals surface area contributed by atoms with Crippen molar-refractivity contribution in [3.05, 3.63) is 59.2 Å². The summed E-state index contributed by atoms with van der Waals surface area (Å²) in [6.45, 7) is 6.54. The van der Waals surface area contributed by atoms with Crippen molar-refractivity contribution in [2.45, 2.75) is 39.9 Å². The first-order chi connectivity index (χ1) is 11.5. The molecule has 0 radical (unpaired) electrons. The summed E-state index contributed by atoms with van der Waals surface area (Å²) in [6, 6.07) is 13.5. The Balaban J connectivity index is 2.05. The van der Waals surface area contributed by atoms with Crippen molar-refractivity contribution in [2.24, 2.45) is 0 Å². The molecule has 1 N–H and O–H groups in total. The second-order valence-electron chi connectivity index (χ2n) is 5.88. The van der Waals surface area contributed by atoms with E-state index in [1.807, 2.05) is 56.3 Å². The zero-order valence-corrected chi connectivity index (χ0v) is 14.8. The number of ether oxygens (including phenoxy) is 2. The zero-order chi connectivity index (χ0) is 17.5. The van der Waals surface area contributed by atoms with Gasteiger partial charge in [0.2, 0.25) is 0 Å². The monoisotopic (exact) mass is 327 g/mol. The molecular weight excluding hydrogens is 302 g/mol. The minimum atomic E-state index is -0.529. The summed E-state index contributed by atoms with van der Waals surface area (Å²) in [6.07, 6.45) is 0.0643. The molecule has 4 heteroatoms. The number of methoxy groups -OCH3 is 1. The number of carbonyl (C=O) groups excluding carboxylic acids is 1. The van der Waals surface area contributed by atoms with E-state index in [1.165, 1.54) is 5.56 Å². The Hall–Kier alpha value is -2.33. The Labute approximate surface area is 143 Å². The Morgan fingerprint density at radius 2 is 1.92 bits per heavy atom. The van der Waals surface area contributed by atoms with Crippen molar-refractivity contribution in [3.8, 4) is 5.75 Å². The third-order valence-corrected chi connectivity index (χ3v) is 3.93. The lowest BCUT2D eigenvalue weighted by atomic mass is 10.1. The maximum Gasteiger partial charge on any atom is 0.265 e. The van der Waals surface area contributed by atoms with Gasteiger partial charge in [0.1, 0.15) is 5.75 Å². The molecule has 0 spiro atoms. The van der Waals surface area contributed by atoms with E-state index in [9.17, 15) is 4.79 Å². The highest BCUT2D eigenvalue weighted by atomic mass is 16.5. The first kappa shape index (κ1) is 18.0. The van der Waals surface area contributed by atoms with E-state index >= 15 is 0 Å². The van der Waals surface area contributed by atoms with Crippen LogP contribution in [0.15, 0.2) is 42.5 Å². The summed E-state index contributed by atoms with van der Waals surface area (Å²) in [5, 5.41) is 2.92. The van der Waals surface area contributed by atoms with E-state index in [0.29, 0.717) is 18.8 Å². The Morgan fingerprint density at radius 3 is 2.58 bits per heavy atom. The predicted molar refractivity (Wildman–Crippen MR) is 96.4 cm³/mol. The molecule has 0 aliphatic rings. The number of rotatable bonds is 7. The molecule has 1 amide bonds. The van der Waals surface area contributed by atoms with Gasteiger partial charge in [-0.2, -0.15) is 0 Å². The van der Waals surface area contributed by atoms with Gasteiger partial charge in [-0.25, -0.2) is 0 Å². The number of hydrogen-bond acceptors (Lipinski definition) is 3. The highest BCUT2D eigenvalue weighted by Crippen LogP contribution is 2.19. The maximum atomic E-state index is 12.5. The lowest BCUT2D eigenvalue weighted by Gasteiger charge is -2.18. The first-order valence-corrected chi connectivity index (χ1v) is 8.16. The van der Waals surface area contributed by atoms with Gasteiger partial charge >= 0.3 is 0 Å². The van der Waals surface area contributed by atoms with Crippen molar-refractivity contribution >= 4 is 11.6 Å². The smallest absolute Gasteiger partial charge is 0.265 e. The summed E-state index contributed by atoms with van der Waals surface area (Å²) >= 11 is 0. The molecule has 0 saturated carbocycles. The van der Waals surface area contributed by atoms with Crippen LogP contribution in [-0.2, 0) is 16.1 Å². The van der Waals surface area contributed by atoms with E-state index in [2.05, 4.69) is 12.2 Å². The molecule has 0 aliphatic carbocycles. The molecule has 128 valence electrons. The fraction of sp³-hybridized carbons (Fsp3) is 0.350. The van der Waals surface area contributed by atoms with Gasteiger partial charge in [-0.1, -0.05) is 25.1 Å². The Kier molecular flexibility index (Phi) is 6.38. The number of hydrogen-bond donors (Lipinski definition) is 1. The minimum Gasteiger partial charge on any atom is -0.481 e. The van der Waals surface area contributed by atoms with Crippen LogP contribution < -0.4 is 10.1 Å². The number of aryl methyl sites for hydroxylation is 2. The highest BCUT2D eigenvalue weighted by Gasteiger charge is 2.18. The first-order valence-electron chi connectivity index (χ1n) is 8.16. The summed E-state index contributed by atoms with van der Waals surface area (Å²) in [4.78, 5) is 12.5. The average Bonchev–Trinajstić information content (AvgIpc) is 2.56. The molecule has 1 atom stereocenters. The van der Waals surface area contributed by atoms with Gasteiger partial charge in [-0.3, -0.25) is 4.79 Å². The van der Waals surface area contributed by atoms with Gasteiger partial charge in [0.15, 0.2) is 6.10 Å². The van der Waals surface area contributed by atoms with Crippen LogP contribution in [0.1, 0.15) is 30.0 Å². The molecule has 0 aliphatic heterocycles. The number of carbonyl (C=O) groups is 1. The van der Waals surface area contributed by atoms with E-state index in [-0.39, 0.29) is 5.91 Å². The van der Waals surface area contributed by atoms with Gasteiger partial charge < -0.3 is 14.8 Å². The average molecular weight is 327 g/mol. The number of benzene rings is 2. The number of anilines is 1. The van der Waals surface area contributed by atoms with Crippen molar-refractivity contribution in [1.29, 1.82) is 0 Å². The molecule has 2 rings (SSSR count). The van der Waals surface area contributed by atoms with E-state index in [0.717, 1.165) is 16.8 Å². The van der Waals surface area contributed by atoms with Gasteiger partial charge in [0.05, 0.1) is 6.61 Å². The van der Waals surface area contributed by atoms with Crippen LogP contribution in [0.3, 0.4) is 0 Å². The molecular formula is C20H25NO3. The summed E-state index contributed by atoms with van der Waals surface area (Å²) in [5.74, 6) is 0.568. The van der Waals surface area contributed by atoms with Crippen LogP contribution in [0.5, 0.6) is 5.75 Å². The molecule has 0 saturated heterocycles. The van der Waals surface area contributed by atoms with E-state index in [1.54, 1.807) is 7.11 Å². The molecule has 0 fully saturated rings. The molecule has 0 aromatic heterocycles. The number of nitrogens with one attached hydrogen (secondary N) is 1. The second kappa shape index (κ2) is 8.50. The predicted octanol–water partition coefficient (Wildman–Crippen LogP) is 4.25. The third-order valence-electron chi connectivity index (χ3n) is 3.93. The number of amides is 1. The summed E-state index contributed by atoms with van der Waals surface area (Å²) in [7, 11) is 1.65. The fourth-order valence-electron chi connectivity index (χ4n) is 2.40. The highest BCUT2D eigenvalue weighted by molar-refractivity contribution is 5.94. The van der Waals surface area contributed by atoms with Crippen molar-refractivity contribution in [2.75, 3.05) is 12.4 Å². The third kappa shape index (κ3) is 4.83. The molecule has 4 nitrogen and oxygen atoms in total. The SMILES string of the molecule is CC[C@H](Oc1ccc(C)c(C)c1)C(=O)Nc1cccc(COC)c1. The van der Waals surface area contributed by atoms with Gasteiger partial charge in [-0.15, -0.1) is 0 Å². The minimum absolute atomic E-state index is 0.148.